The molecule has 0 fully saturated rings. The number of imidazole rings is 1. The first-order chi connectivity index (χ1) is 9.24. The lowest BCUT2D eigenvalue weighted by molar-refractivity contribution is 0.530. The SMILES string of the molecule is S=c1[nH]c2ccc(Br)cc2n1CCCn1cccn1. The van der Waals surface area contributed by atoms with Gasteiger partial charge in [-0.15, -0.1) is 0 Å². The molecule has 1 N–H and O–H groups in total. The minimum Gasteiger partial charge on any atom is -0.331 e. The van der Waals surface area contributed by atoms with Gasteiger partial charge >= 0.3 is 0 Å². The number of nitrogens with zero attached hydrogens (tertiary/aromatic N) is 3. The van der Waals surface area contributed by atoms with Crippen molar-refractivity contribution in [2.75, 3.05) is 0 Å². The van der Waals surface area contributed by atoms with E-state index in [9.17, 15) is 0 Å². The van der Waals surface area contributed by atoms with Crippen LogP contribution in [0.3, 0.4) is 0 Å². The predicted molar refractivity (Wildman–Crippen MR) is 81.7 cm³/mol. The first-order valence-corrected chi connectivity index (χ1v) is 7.30. The van der Waals surface area contributed by atoms with E-state index in [1.54, 1.807) is 6.20 Å². The fourth-order valence-electron chi connectivity index (χ4n) is 2.17. The lowest BCUT2D eigenvalue weighted by Crippen LogP contribution is -2.04. The molecule has 0 aliphatic heterocycles. The molecule has 0 atom stereocenters. The zero-order valence-electron chi connectivity index (χ0n) is 10.2. The number of hydrogen-bond donors (Lipinski definition) is 1. The Hall–Kier alpha value is -1.40. The van der Waals surface area contributed by atoms with Crippen LogP contribution in [0.5, 0.6) is 0 Å². The van der Waals surface area contributed by atoms with Gasteiger partial charge in [-0.05, 0) is 42.9 Å². The van der Waals surface area contributed by atoms with Crippen molar-refractivity contribution in [2.45, 2.75) is 19.5 Å². The fraction of sp³-hybridized carbons (Fsp3) is 0.231. The number of aryl methyl sites for hydroxylation is 2. The summed E-state index contributed by atoms with van der Waals surface area (Å²) >= 11 is 8.88. The Morgan fingerprint density at radius 1 is 1.32 bits per heavy atom. The quantitative estimate of drug-likeness (QED) is 0.737. The molecule has 4 nitrogen and oxygen atoms in total. The monoisotopic (exact) mass is 336 g/mol. The topological polar surface area (TPSA) is 38.5 Å². The minimum absolute atomic E-state index is 0.772. The molecule has 0 bridgehead atoms. The number of nitrogens with one attached hydrogen (secondary N) is 1. The highest BCUT2D eigenvalue weighted by Crippen LogP contribution is 2.20. The highest BCUT2D eigenvalue weighted by Gasteiger charge is 2.04. The molecule has 0 aliphatic rings. The Morgan fingerprint density at radius 2 is 2.21 bits per heavy atom. The van der Waals surface area contributed by atoms with Crippen LogP contribution in [-0.4, -0.2) is 19.3 Å². The third-order valence-corrected chi connectivity index (χ3v) is 3.88. The third kappa shape index (κ3) is 2.64. The van der Waals surface area contributed by atoms with Crippen molar-refractivity contribution >= 4 is 39.2 Å². The lowest BCUT2D eigenvalue weighted by atomic mass is 10.3. The van der Waals surface area contributed by atoms with Gasteiger partial charge in [-0.3, -0.25) is 4.68 Å². The maximum atomic E-state index is 5.38. The molecule has 0 amide bonds. The number of fused-ring (bicyclic) bond motifs is 1. The maximum Gasteiger partial charge on any atom is 0.178 e. The summed E-state index contributed by atoms with van der Waals surface area (Å²) in [5.41, 5.74) is 2.21. The molecule has 19 heavy (non-hydrogen) atoms. The molecule has 0 spiro atoms. The Balaban J connectivity index is 1.82. The Labute approximate surface area is 124 Å². The number of benzene rings is 1. The van der Waals surface area contributed by atoms with Gasteiger partial charge in [-0.2, -0.15) is 5.10 Å². The zero-order chi connectivity index (χ0) is 13.2. The summed E-state index contributed by atoms with van der Waals surface area (Å²) in [7, 11) is 0. The molecule has 2 heterocycles. The van der Waals surface area contributed by atoms with E-state index in [0.717, 1.165) is 39.8 Å². The Kier molecular flexibility index (Phi) is 3.52. The lowest BCUT2D eigenvalue weighted by Gasteiger charge is -2.05. The average Bonchev–Trinajstić information content (AvgIpc) is 2.99. The summed E-state index contributed by atoms with van der Waals surface area (Å²) in [4.78, 5) is 3.23. The van der Waals surface area contributed by atoms with Crippen LogP contribution in [0.15, 0.2) is 41.1 Å². The molecule has 3 aromatic rings. The van der Waals surface area contributed by atoms with Crippen LogP contribution in [-0.2, 0) is 13.1 Å². The number of halogens is 1. The van der Waals surface area contributed by atoms with E-state index in [4.69, 9.17) is 12.2 Å². The molecular weight excluding hydrogens is 324 g/mol. The number of aromatic amines is 1. The van der Waals surface area contributed by atoms with Gasteiger partial charge in [0.15, 0.2) is 4.77 Å². The zero-order valence-corrected chi connectivity index (χ0v) is 12.6. The number of hydrogen-bond acceptors (Lipinski definition) is 2. The molecular formula is C13H13BrN4S. The number of rotatable bonds is 4. The van der Waals surface area contributed by atoms with Gasteiger partial charge < -0.3 is 9.55 Å². The van der Waals surface area contributed by atoms with Gasteiger partial charge in [0.25, 0.3) is 0 Å². The fourth-order valence-corrected chi connectivity index (χ4v) is 2.82. The first-order valence-electron chi connectivity index (χ1n) is 6.09. The summed E-state index contributed by atoms with van der Waals surface area (Å²) in [5, 5.41) is 4.20. The molecule has 0 aliphatic carbocycles. The van der Waals surface area contributed by atoms with E-state index in [1.807, 2.05) is 29.1 Å². The molecule has 0 unspecified atom stereocenters. The van der Waals surface area contributed by atoms with Crippen LogP contribution in [0, 0.1) is 4.77 Å². The first kappa shape index (κ1) is 12.6. The van der Waals surface area contributed by atoms with E-state index >= 15 is 0 Å². The van der Waals surface area contributed by atoms with E-state index in [1.165, 1.54) is 0 Å². The summed E-state index contributed by atoms with van der Waals surface area (Å²) in [6.07, 6.45) is 4.77. The van der Waals surface area contributed by atoms with Gasteiger partial charge in [-0.1, -0.05) is 15.9 Å². The van der Waals surface area contributed by atoms with Crippen LogP contribution in [0.4, 0.5) is 0 Å². The summed E-state index contributed by atoms with van der Waals surface area (Å²) in [6, 6.07) is 8.09. The molecule has 2 aromatic heterocycles. The third-order valence-electron chi connectivity index (χ3n) is 3.07. The predicted octanol–water partition coefficient (Wildman–Crippen LogP) is 3.75. The number of H-pyrrole nitrogens is 1. The molecule has 1 aromatic carbocycles. The molecule has 0 saturated carbocycles. The highest BCUT2D eigenvalue weighted by molar-refractivity contribution is 9.10. The molecule has 0 radical (unpaired) electrons. The highest BCUT2D eigenvalue weighted by atomic mass is 79.9. The van der Waals surface area contributed by atoms with Crippen LogP contribution in [0.25, 0.3) is 11.0 Å². The smallest absolute Gasteiger partial charge is 0.178 e. The Morgan fingerprint density at radius 3 is 3.00 bits per heavy atom. The van der Waals surface area contributed by atoms with Gasteiger partial charge in [0, 0.05) is 30.0 Å². The van der Waals surface area contributed by atoms with Crippen molar-refractivity contribution in [3.63, 3.8) is 0 Å². The van der Waals surface area contributed by atoms with Crippen LogP contribution in [0.1, 0.15) is 6.42 Å². The van der Waals surface area contributed by atoms with Crippen molar-refractivity contribution in [1.82, 2.24) is 19.3 Å². The van der Waals surface area contributed by atoms with Crippen LogP contribution < -0.4 is 0 Å². The summed E-state index contributed by atoms with van der Waals surface area (Å²) in [5.74, 6) is 0. The second-order valence-electron chi connectivity index (χ2n) is 4.37. The van der Waals surface area contributed by atoms with E-state index in [-0.39, 0.29) is 0 Å². The van der Waals surface area contributed by atoms with Crippen molar-refractivity contribution < 1.29 is 0 Å². The molecule has 0 saturated heterocycles. The van der Waals surface area contributed by atoms with Gasteiger partial charge in [0.1, 0.15) is 0 Å². The second-order valence-corrected chi connectivity index (χ2v) is 5.67. The summed E-state index contributed by atoms with van der Waals surface area (Å²) < 4.78 is 5.91. The Bertz CT molecular complexity index is 742. The van der Waals surface area contributed by atoms with Crippen molar-refractivity contribution in [3.05, 3.63) is 45.9 Å². The van der Waals surface area contributed by atoms with Gasteiger partial charge in [0.05, 0.1) is 11.0 Å². The van der Waals surface area contributed by atoms with Crippen molar-refractivity contribution in [3.8, 4) is 0 Å². The normalized spacial score (nSPS) is 11.2. The standard InChI is InChI=1S/C13H13BrN4S/c14-10-3-4-11-12(9-10)18(13(19)16-11)8-2-7-17-6-1-5-15-17/h1,3-6,9H,2,7-8H2,(H,16,19). The largest absolute Gasteiger partial charge is 0.331 e. The van der Waals surface area contributed by atoms with Gasteiger partial charge in [-0.25, -0.2) is 0 Å². The van der Waals surface area contributed by atoms with E-state index < -0.39 is 0 Å². The molecule has 6 heteroatoms. The summed E-state index contributed by atoms with van der Waals surface area (Å²) in [6.45, 7) is 1.78. The van der Waals surface area contributed by atoms with E-state index in [0.29, 0.717) is 0 Å². The van der Waals surface area contributed by atoms with Crippen LogP contribution >= 0.6 is 28.1 Å². The molecule has 98 valence electrons. The average molecular weight is 337 g/mol. The second kappa shape index (κ2) is 5.30. The van der Waals surface area contributed by atoms with Gasteiger partial charge in [0.2, 0.25) is 0 Å². The van der Waals surface area contributed by atoms with Crippen molar-refractivity contribution in [2.24, 2.45) is 0 Å². The van der Waals surface area contributed by atoms with Crippen molar-refractivity contribution in [1.29, 1.82) is 0 Å². The maximum absolute atomic E-state index is 5.38. The minimum atomic E-state index is 0.772. The van der Waals surface area contributed by atoms with E-state index in [2.05, 4.69) is 36.6 Å². The number of aromatic nitrogens is 4. The molecule has 3 rings (SSSR count). The van der Waals surface area contributed by atoms with Crippen LogP contribution in [0.2, 0.25) is 0 Å².